The maximum absolute atomic E-state index is 12.4. The molecule has 1 saturated heterocycles. The van der Waals surface area contributed by atoms with Crippen LogP contribution in [0.3, 0.4) is 0 Å². The normalized spacial score (nSPS) is 16.5. The molecule has 3 rings (SSSR count). The molecule has 0 spiro atoms. The highest BCUT2D eigenvalue weighted by Crippen LogP contribution is 2.36. The van der Waals surface area contributed by atoms with Crippen LogP contribution in [0.1, 0.15) is 33.6 Å². The largest absolute Gasteiger partial charge is 0.493 e. The Morgan fingerprint density at radius 1 is 1.07 bits per heavy atom. The maximum atomic E-state index is 12.4. The number of aromatic nitrogens is 1. The number of methoxy groups -OCH3 is 2. The first-order chi connectivity index (χ1) is 21.3. The lowest BCUT2D eigenvalue weighted by molar-refractivity contribution is 0.152. The molecule has 2 heterocycles. The van der Waals surface area contributed by atoms with Crippen molar-refractivity contribution in [2.24, 2.45) is 5.92 Å². The Labute approximate surface area is 261 Å². The fourth-order valence-electron chi connectivity index (χ4n) is 4.97. The summed E-state index contributed by atoms with van der Waals surface area (Å²) < 4.78 is 23.3. The van der Waals surface area contributed by atoms with Crippen molar-refractivity contribution in [1.29, 1.82) is 0 Å². The topological polar surface area (TPSA) is 94.2 Å². The van der Waals surface area contributed by atoms with Gasteiger partial charge in [-0.3, -0.25) is 4.98 Å². The van der Waals surface area contributed by atoms with E-state index in [0.717, 1.165) is 49.1 Å². The second-order valence-electron chi connectivity index (χ2n) is 10.7. The van der Waals surface area contributed by atoms with Gasteiger partial charge in [0.1, 0.15) is 11.5 Å². The Morgan fingerprint density at radius 3 is 2.59 bits per heavy atom. The van der Waals surface area contributed by atoms with Crippen LogP contribution in [-0.2, 0) is 4.74 Å². The molecule has 0 aliphatic carbocycles. The van der Waals surface area contributed by atoms with Crippen LogP contribution in [0, 0.1) is 5.92 Å². The highest BCUT2D eigenvalue weighted by atomic mass is 16.5. The van der Waals surface area contributed by atoms with Crippen LogP contribution in [-0.4, -0.2) is 63.0 Å². The van der Waals surface area contributed by atoms with E-state index in [1.807, 2.05) is 38.1 Å². The first-order valence-electron chi connectivity index (χ1n) is 14.8. The smallest absolute Gasteiger partial charge is 0.323 e. The van der Waals surface area contributed by atoms with Crippen molar-refractivity contribution in [1.82, 2.24) is 20.5 Å². The van der Waals surface area contributed by atoms with Gasteiger partial charge in [0.25, 0.3) is 0 Å². The number of nitrogens with one attached hydrogen (secondary N) is 2. The standard InChI is InChI=1S/C35H46N4O5/c1-8-11-25(3)20-27(5)38-35(40)37-26(4)12-13-29(9-2)44-32-14-16-36-31-22-34(33(42-7)21-30(31)32)43-19-10-17-39-18-15-28(23-39)24-41-6/h8-9,11-14,16,20-22,28H,1-2,10,15,17-19,23-24H2,3-7H3,(H2,37,38,40)/b25-11-,26-12+,27-20+,29-13+. The van der Waals surface area contributed by atoms with Crippen LogP contribution >= 0.6 is 0 Å². The van der Waals surface area contributed by atoms with E-state index in [1.165, 1.54) is 6.42 Å². The van der Waals surface area contributed by atoms with Gasteiger partial charge >= 0.3 is 6.03 Å². The number of likely N-dealkylation sites (tertiary alicyclic amines) is 1. The number of allylic oxidation sites excluding steroid dienone is 9. The fourth-order valence-corrected chi connectivity index (χ4v) is 4.97. The number of hydrogen-bond acceptors (Lipinski definition) is 7. The summed E-state index contributed by atoms with van der Waals surface area (Å²) in [6, 6.07) is 5.19. The number of urea groups is 1. The third kappa shape index (κ3) is 10.7. The van der Waals surface area contributed by atoms with Crippen molar-refractivity contribution in [3.8, 4) is 17.2 Å². The van der Waals surface area contributed by atoms with E-state index in [-0.39, 0.29) is 6.03 Å². The number of benzene rings is 1. The molecular weight excluding hydrogens is 556 g/mol. The predicted octanol–water partition coefficient (Wildman–Crippen LogP) is 6.67. The minimum Gasteiger partial charge on any atom is -0.493 e. The van der Waals surface area contributed by atoms with E-state index in [9.17, 15) is 4.79 Å². The maximum Gasteiger partial charge on any atom is 0.323 e. The van der Waals surface area contributed by atoms with Crippen molar-refractivity contribution in [3.05, 3.63) is 96.7 Å². The lowest BCUT2D eigenvalue weighted by Gasteiger charge is -2.17. The van der Waals surface area contributed by atoms with Gasteiger partial charge in [-0.1, -0.05) is 25.3 Å². The number of fused-ring (bicyclic) bond motifs is 1. The van der Waals surface area contributed by atoms with Crippen molar-refractivity contribution in [2.45, 2.75) is 33.6 Å². The van der Waals surface area contributed by atoms with Crippen molar-refractivity contribution in [3.63, 3.8) is 0 Å². The van der Waals surface area contributed by atoms with Gasteiger partial charge < -0.3 is 34.5 Å². The van der Waals surface area contributed by atoms with E-state index in [4.69, 9.17) is 18.9 Å². The molecule has 2 N–H and O–H groups in total. The Morgan fingerprint density at radius 2 is 1.86 bits per heavy atom. The van der Waals surface area contributed by atoms with Crippen LogP contribution in [0.2, 0.25) is 0 Å². The lowest BCUT2D eigenvalue weighted by Crippen LogP contribution is -2.33. The Hall–Kier alpha value is -4.34. The molecule has 1 aromatic heterocycles. The lowest BCUT2D eigenvalue weighted by atomic mass is 10.1. The van der Waals surface area contributed by atoms with Crippen LogP contribution in [0.4, 0.5) is 4.79 Å². The second kappa shape index (κ2) is 17.7. The van der Waals surface area contributed by atoms with Gasteiger partial charge in [0.15, 0.2) is 11.5 Å². The van der Waals surface area contributed by atoms with Crippen LogP contribution in [0.25, 0.3) is 10.9 Å². The number of carbonyl (C=O) groups excluding carboxylic acids is 1. The van der Waals surface area contributed by atoms with Crippen LogP contribution in [0.5, 0.6) is 17.2 Å². The highest BCUT2D eigenvalue weighted by molar-refractivity contribution is 5.88. The fraction of sp³-hybridized carbons (Fsp3) is 0.371. The van der Waals surface area contributed by atoms with Crippen LogP contribution in [0.15, 0.2) is 96.7 Å². The molecule has 1 unspecified atom stereocenters. The second-order valence-corrected chi connectivity index (χ2v) is 10.7. The molecule has 1 fully saturated rings. The van der Waals surface area contributed by atoms with E-state index in [2.05, 4.69) is 33.7 Å². The van der Waals surface area contributed by atoms with E-state index >= 15 is 0 Å². The first-order valence-corrected chi connectivity index (χ1v) is 14.8. The Kier molecular flexibility index (Phi) is 13.7. The van der Waals surface area contributed by atoms with Gasteiger partial charge in [-0.15, -0.1) is 0 Å². The predicted molar refractivity (Wildman–Crippen MR) is 177 cm³/mol. The molecule has 2 aromatic rings. The molecule has 1 aromatic carbocycles. The zero-order chi connectivity index (χ0) is 31.9. The average molecular weight is 603 g/mol. The zero-order valence-electron chi connectivity index (χ0n) is 26.7. The number of carbonyl (C=O) groups is 1. The summed E-state index contributed by atoms with van der Waals surface area (Å²) in [5, 5.41) is 6.37. The third-order valence-corrected chi connectivity index (χ3v) is 7.01. The molecule has 1 aliphatic heterocycles. The van der Waals surface area contributed by atoms with Gasteiger partial charge in [0.2, 0.25) is 0 Å². The third-order valence-electron chi connectivity index (χ3n) is 7.01. The number of hydrogen-bond donors (Lipinski definition) is 2. The van der Waals surface area contributed by atoms with E-state index in [1.54, 1.807) is 57.7 Å². The summed E-state index contributed by atoms with van der Waals surface area (Å²) in [6.07, 6.45) is 14.3. The molecule has 236 valence electrons. The van der Waals surface area contributed by atoms with E-state index < -0.39 is 0 Å². The summed E-state index contributed by atoms with van der Waals surface area (Å²) in [5.74, 6) is 2.95. The number of amides is 2. The SMILES string of the molecule is C=C/C=C(C)\C=C(/C)NC(=O)N/C(C)=C/C=C(\C=C)Oc1ccnc2cc(OCCCN3CCC(COC)C3)c(OC)cc12. The number of pyridine rings is 1. The zero-order valence-corrected chi connectivity index (χ0v) is 26.7. The van der Waals surface area contributed by atoms with Crippen LogP contribution < -0.4 is 24.8 Å². The van der Waals surface area contributed by atoms with Crippen molar-refractivity contribution >= 4 is 16.9 Å². The number of rotatable bonds is 16. The molecule has 2 amide bonds. The van der Waals surface area contributed by atoms with E-state index in [0.29, 0.717) is 46.9 Å². The first kappa shape index (κ1) is 34.2. The average Bonchev–Trinajstić information content (AvgIpc) is 3.44. The molecule has 0 saturated carbocycles. The van der Waals surface area contributed by atoms with Crippen molar-refractivity contribution < 1.29 is 23.7 Å². The van der Waals surface area contributed by atoms with Gasteiger partial charge in [-0.05, 0) is 88.1 Å². The highest BCUT2D eigenvalue weighted by Gasteiger charge is 2.21. The number of ether oxygens (including phenoxy) is 4. The monoisotopic (exact) mass is 602 g/mol. The molecule has 0 bridgehead atoms. The Bertz CT molecular complexity index is 1430. The molecular formula is C35H46N4O5. The summed E-state index contributed by atoms with van der Waals surface area (Å²) in [7, 11) is 3.38. The van der Waals surface area contributed by atoms with Crippen molar-refractivity contribution in [2.75, 3.05) is 47.1 Å². The summed E-state index contributed by atoms with van der Waals surface area (Å²) in [5.41, 5.74) is 3.04. The van der Waals surface area contributed by atoms with Gasteiger partial charge in [0, 0.05) is 49.2 Å². The number of nitrogens with zero attached hydrogens (tertiary/aromatic N) is 2. The molecule has 1 atom stereocenters. The Balaban J connectivity index is 1.63. The molecule has 9 heteroatoms. The minimum absolute atomic E-state index is 0.342. The van der Waals surface area contributed by atoms with Gasteiger partial charge in [-0.25, -0.2) is 4.79 Å². The summed E-state index contributed by atoms with van der Waals surface area (Å²) >= 11 is 0. The quantitative estimate of drug-likeness (QED) is 0.126. The summed E-state index contributed by atoms with van der Waals surface area (Å²) in [4.78, 5) is 19.4. The molecule has 1 aliphatic rings. The van der Waals surface area contributed by atoms with Gasteiger partial charge in [-0.2, -0.15) is 0 Å². The molecule has 44 heavy (non-hydrogen) atoms. The molecule has 9 nitrogen and oxygen atoms in total. The van der Waals surface area contributed by atoms with Gasteiger partial charge in [0.05, 0.1) is 25.8 Å². The molecule has 0 radical (unpaired) electrons. The summed E-state index contributed by atoms with van der Waals surface area (Å²) in [6.45, 7) is 17.7. The minimum atomic E-state index is -0.342.